The number of Topliss-reactive ketones (excluding diaryl/α,β-unsaturated/α-hetero) is 1. The van der Waals surface area contributed by atoms with Crippen LogP contribution in [-0.4, -0.2) is 46.1 Å². The van der Waals surface area contributed by atoms with E-state index in [-0.39, 0.29) is 23.9 Å². The number of benzene rings is 2. The van der Waals surface area contributed by atoms with Crippen LogP contribution in [0.2, 0.25) is 0 Å². The standard InChI is InChI=1S/C27H26N6O3/c1-36-21-11-5-7-18(13-21)23(34)16-32-17-30-24-22(14-28)26(31-12-6-8-19(29)15-31)33(25(24)27(32)35)20-9-3-2-4-10-20/h2-5,7,9-11,13,17,19H,6,8,12,15-16,29H2,1H3. The number of ether oxygens (including phenoxy) is 1. The summed E-state index contributed by atoms with van der Waals surface area (Å²) in [5.41, 5.74) is 7.92. The number of carbonyl (C=O) groups excluding carboxylic acids is 1. The number of aromatic nitrogens is 3. The number of anilines is 1. The monoisotopic (exact) mass is 482 g/mol. The molecule has 0 spiro atoms. The minimum atomic E-state index is -0.399. The molecule has 182 valence electrons. The zero-order valence-electron chi connectivity index (χ0n) is 19.9. The molecule has 1 unspecified atom stereocenters. The Balaban J connectivity index is 1.69. The number of methoxy groups -OCH3 is 1. The van der Waals surface area contributed by atoms with Gasteiger partial charge in [0.05, 0.1) is 20.0 Å². The van der Waals surface area contributed by atoms with Gasteiger partial charge in [0.25, 0.3) is 5.56 Å². The predicted molar refractivity (Wildman–Crippen MR) is 137 cm³/mol. The molecular formula is C27H26N6O3. The number of hydrogen-bond donors (Lipinski definition) is 1. The van der Waals surface area contributed by atoms with E-state index in [9.17, 15) is 14.9 Å². The Hall–Kier alpha value is -4.42. The lowest BCUT2D eigenvalue weighted by Crippen LogP contribution is -2.43. The third kappa shape index (κ3) is 4.12. The Kier molecular flexibility index (Phi) is 6.27. The lowest BCUT2D eigenvalue weighted by atomic mass is 10.1. The number of nitrogens with zero attached hydrogens (tertiary/aromatic N) is 5. The molecule has 1 fully saturated rings. The Labute approximate surface area is 208 Å². The van der Waals surface area contributed by atoms with E-state index in [1.165, 1.54) is 18.0 Å². The second kappa shape index (κ2) is 9.68. The molecule has 5 rings (SSSR count). The maximum absolute atomic E-state index is 13.8. The summed E-state index contributed by atoms with van der Waals surface area (Å²) in [4.78, 5) is 33.4. The van der Waals surface area contributed by atoms with Crippen LogP contribution in [0.5, 0.6) is 5.75 Å². The second-order valence-electron chi connectivity index (χ2n) is 8.86. The van der Waals surface area contributed by atoms with E-state index in [2.05, 4.69) is 16.0 Å². The number of piperidine rings is 1. The molecule has 2 aromatic heterocycles. The highest BCUT2D eigenvalue weighted by molar-refractivity contribution is 5.96. The molecule has 9 heteroatoms. The van der Waals surface area contributed by atoms with Crippen LogP contribution in [0.1, 0.15) is 28.8 Å². The minimum absolute atomic E-state index is 0.0300. The molecule has 4 aromatic rings. The molecule has 1 atom stereocenters. The van der Waals surface area contributed by atoms with Crippen molar-refractivity contribution in [1.29, 1.82) is 5.26 Å². The van der Waals surface area contributed by atoms with Gasteiger partial charge in [-0.1, -0.05) is 30.3 Å². The van der Waals surface area contributed by atoms with Gasteiger partial charge in [-0.15, -0.1) is 0 Å². The van der Waals surface area contributed by atoms with Gasteiger partial charge in [0.1, 0.15) is 34.2 Å². The van der Waals surface area contributed by atoms with Crippen molar-refractivity contribution in [2.45, 2.75) is 25.4 Å². The summed E-state index contributed by atoms with van der Waals surface area (Å²) in [6, 6.07) is 18.4. The van der Waals surface area contributed by atoms with Crippen LogP contribution < -0.4 is 20.9 Å². The lowest BCUT2D eigenvalue weighted by molar-refractivity contribution is 0.0970. The number of para-hydroxylation sites is 1. The van der Waals surface area contributed by atoms with Gasteiger partial charge >= 0.3 is 0 Å². The fourth-order valence-corrected chi connectivity index (χ4v) is 4.77. The van der Waals surface area contributed by atoms with Crippen molar-refractivity contribution in [3.05, 3.63) is 82.4 Å². The minimum Gasteiger partial charge on any atom is -0.497 e. The molecule has 0 bridgehead atoms. The zero-order chi connectivity index (χ0) is 25.2. The van der Waals surface area contributed by atoms with Gasteiger partial charge in [0, 0.05) is 30.4 Å². The molecule has 1 aliphatic heterocycles. The van der Waals surface area contributed by atoms with Crippen molar-refractivity contribution >= 4 is 22.6 Å². The number of nitrogens with two attached hydrogens (primary N) is 1. The van der Waals surface area contributed by atoms with E-state index in [1.807, 2.05) is 30.3 Å². The van der Waals surface area contributed by atoms with Crippen molar-refractivity contribution in [1.82, 2.24) is 14.1 Å². The van der Waals surface area contributed by atoms with Crippen LogP contribution in [-0.2, 0) is 6.54 Å². The van der Waals surface area contributed by atoms with Gasteiger partial charge in [-0.2, -0.15) is 5.26 Å². The fraction of sp³-hybridized carbons (Fsp3) is 0.259. The molecule has 2 aromatic carbocycles. The summed E-state index contributed by atoms with van der Waals surface area (Å²) in [6.07, 6.45) is 3.13. The maximum atomic E-state index is 13.8. The van der Waals surface area contributed by atoms with E-state index in [0.717, 1.165) is 18.5 Å². The van der Waals surface area contributed by atoms with Crippen molar-refractivity contribution in [3.63, 3.8) is 0 Å². The Morgan fingerprint density at radius 1 is 1.22 bits per heavy atom. The summed E-state index contributed by atoms with van der Waals surface area (Å²) in [5, 5.41) is 10.1. The van der Waals surface area contributed by atoms with Crippen LogP contribution >= 0.6 is 0 Å². The molecule has 0 radical (unpaired) electrons. The van der Waals surface area contributed by atoms with E-state index >= 15 is 0 Å². The quantitative estimate of drug-likeness (QED) is 0.420. The number of fused-ring (bicyclic) bond motifs is 1. The molecule has 0 amide bonds. The molecule has 1 aliphatic rings. The van der Waals surface area contributed by atoms with Crippen LogP contribution in [0.3, 0.4) is 0 Å². The van der Waals surface area contributed by atoms with Crippen LogP contribution in [0, 0.1) is 11.3 Å². The average molecular weight is 483 g/mol. The SMILES string of the molecule is COc1cccc(C(=O)Cn2cnc3c(C#N)c(N4CCCC(N)C4)n(-c4ccccc4)c3c2=O)c1. The van der Waals surface area contributed by atoms with Gasteiger partial charge in [-0.25, -0.2) is 4.98 Å². The highest BCUT2D eigenvalue weighted by Gasteiger charge is 2.29. The van der Waals surface area contributed by atoms with Gasteiger partial charge in [0.2, 0.25) is 0 Å². The Bertz CT molecular complexity index is 1530. The van der Waals surface area contributed by atoms with Crippen molar-refractivity contribution in [3.8, 4) is 17.5 Å². The first-order chi connectivity index (χ1) is 17.5. The van der Waals surface area contributed by atoms with Gasteiger partial charge in [-0.3, -0.25) is 18.7 Å². The first-order valence-corrected chi connectivity index (χ1v) is 11.8. The molecule has 9 nitrogen and oxygen atoms in total. The predicted octanol–water partition coefficient (Wildman–Crippen LogP) is 2.88. The number of carbonyl (C=O) groups is 1. The average Bonchev–Trinajstić information content (AvgIpc) is 3.25. The number of ketones is 1. The molecule has 0 saturated carbocycles. The van der Waals surface area contributed by atoms with Crippen LogP contribution in [0.4, 0.5) is 5.82 Å². The Morgan fingerprint density at radius 3 is 2.75 bits per heavy atom. The van der Waals surface area contributed by atoms with Crippen molar-refractivity contribution < 1.29 is 9.53 Å². The summed E-state index contributed by atoms with van der Waals surface area (Å²) >= 11 is 0. The lowest BCUT2D eigenvalue weighted by Gasteiger charge is -2.33. The van der Waals surface area contributed by atoms with Gasteiger partial charge < -0.3 is 15.4 Å². The zero-order valence-corrected chi connectivity index (χ0v) is 19.9. The molecule has 36 heavy (non-hydrogen) atoms. The maximum Gasteiger partial charge on any atom is 0.278 e. The number of rotatable bonds is 6. The van der Waals surface area contributed by atoms with E-state index in [0.29, 0.717) is 41.3 Å². The molecular weight excluding hydrogens is 456 g/mol. The first kappa shape index (κ1) is 23.3. The van der Waals surface area contributed by atoms with Crippen LogP contribution in [0.25, 0.3) is 16.7 Å². The molecule has 1 saturated heterocycles. The smallest absolute Gasteiger partial charge is 0.278 e. The van der Waals surface area contributed by atoms with Crippen LogP contribution in [0.15, 0.2) is 65.7 Å². The highest BCUT2D eigenvalue weighted by Crippen LogP contribution is 2.34. The largest absolute Gasteiger partial charge is 0.497 e. The topological polar surface area (TPSA) is 119 Å². The first-order valence-electron chi connectivity index (χ1n) is 11.8. The van der Waals surface area contributed by atoms with E-state index < -0.39 is 5.56 Å². The summed E-state index contributed by atoms with van der Waals surface area (Å²) in [6.45, 7) is 1.09. The molecule has 0 aliphatic carbocycles. The number of hydrogen-bond acceptors (Lipinski definition) is 7. The fourth-order valence-electron chi connectivity index (χ4n) is 4.77. The molecule has 3 heterocycles. The van der Waals surface area contributed by atoms with E-state index in [4.69, 9.17) is 10.5 Å². The Morgan fingerprint density at radius 2 is 2.03 bits per heavy atom. The van der Waals surface area contributed by atoms with Gasteiger partial charge in [0.15, 0.2) is 5.78 Å². The van der Waals surface area contributed by atoms with Crippen molar-refractivity contribution in [2.75, 3.05) is 25.1 Å². The molecule has 2 N–H and O–H groups in total. The summed E-state index contributed by atoms with van der Waals surface area (Å²) in [5.74, 6) is 0.913. The highest BCUT2D eigenvalue weighted by atomic mass is 16.5. The van der Waals surface area contributed by atoms with E-state index in [1.54, 1.807) is 28.8 Å². The van der Waals surface area contributed by atoms with Crippen molar-refractivity contribution in [2.24, 2.45) is 5.73 Å². The number of nitriles is 1. The third-order valence-corrected chi connectivity index (χ3v) is 6.50. The summed E-state index contributed by atoms with van der Waals surface area (Å²) in [7, 11) is 1.53. The van der Waals surface area contributed by atoms with Gasteiger partial charge in [-0.05, 0) is 37.1 Å². The normalized spacial score (nSPS) is 15.6. The second-order valence-corrected chi connectivity index (χ2v) is 8.86. The third-order valence-electron chi connectivity index (χ3n) is 6.50. The summed E-state index contributed by atoms with van der Waals surface area (Å²) < 4.78 is 8.29.